The van der Waals surface area contributed by atoms with Crippen LogP contribution in [0.5, 0.6) is 0 Å². The highest BCUT2D eigenvalue weighted by Gasteiger charge is 2.24. The largest absolute Gasteiger partial charge is 0.377 e. The maximum atomic E-state index is 5.69. The first-order valence-electron chi connectivity index (χ1n) is 6.57. The molecule has 2 unspecified atom stereocenters. The second-order valence-corrected chi connectivity index (χ2v) is 5.06. The quantitative estimate of drug-likeness (QED) is 0.741. The first-order valence-corrected chi connectivity index (χ1v) is 6.57. The summed E-state index contributed by atoms with van der Waals surface area (Å²) in [4.78, 5) is 5.03. The van der Waals surface area contributed by atoms with E-state index in [1.807, 2.05) is 0 Å². The molecule has 2 rings (SSSR count). The lowest BCUT2D eigenvalue weighted by Gasteiger charge is -2.38. The monoisotopic (exact) mass is 227 g/mol. The standard InChI is InChI=1S/C12H25N3O/c1-11(9-13)15-6-4-14(5-7-15)10-12-3-2-8-16-12/h11-12H,2-10,13H2,1H3. The van der Waals surface area contributed by atoms with E-state index in [-0.39, 0.29) is 0 Å². The van der Waals surface area contributed by atoms with Gasteiger partial charge in [0, 0.05) is 51.9 Å². The van der Waals surface area contributed by atoms with E-state index in [2.05, 4.69) is 16.7 Å². The van der Waals surface area contributed by atoms with Crippen molar-refractivity contribution < 1.29 is 4.74 Å². The summed E-state index contributed by atoms with van der Waals surface area (Å²) in [6.45, 7) is 9.74. The molecule has 0 aliphatic carbocycles. The van der Waals surface area contributed by atoms with Crippen molar-refractivity contribution >= 4 is 0 Å². The van der Waals surface area contributed by atoms with Crippen molar-refractivity contribution in [2.45, 2.75) is 31.9 Å². The second-order valence-electron chi connectivity index (χ2n) is 5.06. The number of piperazine rings is 1. The first kappa shape index (κ1) is 12.3. The molecule has 0 radical (unpaired) electrons. The fourth-order valence-corrected chi connectivity index (χ4v) is 2.61. The zero-order valence-electron chi connectivity index (χ0n) is 10.4. The second kappa shape index (κ2) is 5.96. The van der Waals surface area contributed by atoms with Gasteiger partial charge in [0.05, 0.1) is 6.10 Å². The highest BCUT2D eigenvalue weighted by molar-refractivity contribution is 4.79. The van der Waals surface area contributed by atoms with Gasteiger partial charge in [-0.1, -0.05) is 0 Å². The molecule has 2 heterocycles. The van der Waals surface area contributed by atoms with Crippen LogP contribution in [0.1, 0.15) is 19.8 Å². The highest BCUT2D eigenvalue weighted by Crippen LogP contribution is 2.14. The summed E-state index contributed by atoms with van der Waals surface area (Å²) >= 11 is 0. The lowest BCUT2D eigenvalue weighted by molar-refractivity contribution is 0.0431. The SMILES string of the molecule is CC(CN)N1CCN(CC2CCCO2)CC1. The lowest BCUT2D eigenvalue weighted by Crippen LogP contribution is -2.52. The molecule has 2 fully saturated rings. The maximum absolute atomic E-state index is 5.69. The van der Waals surface area contributed by atoms with Gasteiger partial charge >= 0.3 is 0 Å². The van der Waals surface area contributed by atoms with Crippen LogP contribution in [-0.2, 0) is 4.74 Å². The minimum Gasteiger partial charge on any atom is -0.377 e. The van der Waals surface area contributed by atoms with E-state index < -0.39 is 0 Å². The van der Waals surface area contributed by atoms with E-state index >= 15 is 0 Å². The van der Waals surface area contributed by atoms with E-state index in [1.165, 1.54) is 25.9 Å². The van der Waals surface area contributed by atoms with Gasteiger partial charge in [0.15, 0.2) is 0 Å². The van der Waals surface area contributed by atoms with Crippen LogP contribution in [0, 0.1) is 0 Å². The Bertz CT molecular complexity index is 198. The molecule has 0 aromatic rings. The molecule has 0 spiro atoms. The minimum atomic E-state index is 0.499. The number of ether oxygens (including phenoxy) is 1. The van der Waals surface area contributed by atoms with Crippen molar-refractivity contribution in [2.75, 3.05) is 45.9 Å². The Morgan fingerprint density at radius 3 is 2.62 bits per heavy atom. The predicted octanol–water partition coefficient (Wildman–Crippen LogP) is 0.130. The minimum absolute atomic E-state index is 0.499. The molecule has 2 saturated heterocycles. The van der Waals surface area contributed by atoms with Crippen LogP contribution in [0.25, 0.3) is 0 Å². The maximum Gasteiger partial charge on any atom is 0.0702 e. The topological polar surface area (TPSA) is 41.7 Å². The summed E-state index contributed by atoms with van der Waals surface area (Å²) in [6, 6.07) is 0.532. The third-order valence-electron chi connectivity index (χ3n) is 3.86. The molecule has 2 N–H and O–H groups in total. The zero-order chi connectivity index (χ0) is 11.4. The van der Waals surface area contributed by atoms with Gasteiger partial charge in [-0.05, 0) is 19.8 Å². The van der Waals surface area contributed by atoms with Crippen LogP contribution in [0.3, 0.4) is 0 Å². The summed E-state index contributed by atoms with van der Waals surface area (Å²) in [5, 5.41) is 0. The average Bonchev–Trinajstić information content (AvgIpc) is 2.82. The fourth-order valence-electron chi connectivity index (χ4n) is 2.61. The first-order chi connectivity index (χ1) is 7.79. The van der Waals surface area contributed by atoms with E-state index in [9.17, 15) is 0 Å². The molecule has 0 amide bonds. The fraction of sp³-hybridized carbons (Fsp3) is 1.00. The Kier molecular flexibility index (Phi) is 4.58. The van der Waals surface area contributed by atoms with Gasteiger partial charge < -0.3 is 10.5 Å². The number of hydrogen-bond acceptors (Lipinski definition) is 4. The van der Waals surface area contributed by atoms with Crippen molar-refractivity contribution in [2.24, 2.45) is 5.73 Å². The van der Waals surface area contributed by atoms with E-state index in [4.69, 9.17) is 10.5 Å². The number of nitrogens with zero attached hydrogens (tertiary/aromatic N) is 2. The Morgan fingerprint density at radius 2 is 2.06 bits per heavy atom. The van der Waals surface area contributed by atoms with Gasteiger partial charge in [-0.15, -0.1) is 0 Å². The van der Waals surface area contributed by atoms with Crippen molar-refractivity contribution in [3.63, 3.8) is 0 Å². The summed E-state index contributed by atoms with van der Waals surface area (Å²) < 4.78 is 5.68. The summed E-state index contributed by atoms with van der Waals surface area (Å²) in [6.07, 6.45) is 2.99. The van der Waals surface area contributed by atoms with Crippen LogP contribution in [0.4, 0.5) is 0 Å². The molecule has 94 valence electrons. The molecule has 0 saturated carbocycles. The third-order valence-corrected chi connectivity index (χ3v) is 3.86. The molecule has 0 bridgehead atoms. The van der Waals surface area contributed by atoms with Gasteiger partial charge in [-0.2, -0.15) is 0 Å². The molecule has 0 aromatic heterocycles. The number of hydrogen-bond donors (Lipinski definition) is 1. The summed E-state index contributed by atoms with van der Waals surface area (Å²) in [7, 11) is 0. The van der Waals surface area contributed by atoms with Crippen LogP contribution < -0.4 is 5.73 Å². The number of rotatable bonds is 4. The van der Waals surface area contributed by atoms with Crippen LogP contribution in [0.2, 0.25) is 0 Å². The molecular formula is C12H25N3O. The van der Waals surface area contributed by atoms with Crippen LogP contribution >= 0.6 is 0 Å². The molecule has 2 aliphatic heterocycles. The molecule has 0 aromatic carbocycles. The van der Waals surface area contributed by atoms with Gasteiger partial charge in [0.2, 0.25) is 0 Å². The van der Waals surface area contributed by atoms with Gasteiger partial charge in [0.1, 0.15) is 0 Å². The zero-order valence-corrected chi connectivity index (χ0v) is 10.4. The number of nitrogens with two attached hydrogens (primary N) is 1. The van der Waals surface area contributed by atoms with Crippen molar-refractivity contribution in [3.8, 4) is 0 Å². The summed E-state index contributed by atoms with van der Waals surface area (Å²) in [5.74, 6) is 0. The molecule has 4 heteroatoms. The van der Waals surface area contributed by atoms with E-state index in [1.54, 1.807) is 0 Å². The Hall–Kier alpha value is -0.160. The molecule has 2 aliphatic rings. The van der Waals surface area contributed by atoms with Gasteiger partial charge in [0.25, 0.3) is 0 Å². The predicted molar refractivity (Wildman–Crippen MR) is 65.5 cm³/mol. The normalized spacial score (nSPS) is 30.8. The third kappa shape index (κ3) is 3.17. The highest BCUT2D eigenvalue weighted by atomic mass is 16.5. The van der Waals surface area contributed by atoms with E-state index in [0.717, 1.165) is 32.8 Å². The van der Waals surface area contributed by atoms with Gasteiger partial charge in [-0.3, -0.25) is 9.80 Å². The smallest absolute Gasteiger partial charge is 0.0702 e. The summed E-state index contributed by atoms with van der Waals surface area (Å²) in [5.41, 5.74) is 5.69. The average molecular weight is 227 g/mol. The van der Waals surface area contributed by atoms with Crippen molar-refractivity contribution in [1.82, 2.24) is 9.80 Å². The van der Waals surface area contributed by atoms with Crippen molar-refractivity contribution in [3.05, 3.63) is 0 Å². The molecule has 16 heavy (non-hydrogen) atoms. The Balaban J connectivity index is 1.68. The van der Waals surface area contributed by atoms with Crippen molar-refractivity contribution in [1.29, 1.82) is 0 Å². The molecular weight excluding hydrogens is 202 g/mol. The lowest BCUT2D eigenvalue weighted by atomic mass is 10.2. The van der Waals surface area contributed by atoms with Crippen LogP contribution in [-0.4, -0.2) is 67.8 Å². The molecule has 4 nitrogen and oxygen atoms in total. The Labute approximate surface area is 98.7 Å². The Morgan fingerprint density at radius 1 is 1.31 bits per heavy atom. The van der Waals surface area contributed by atoms with Crippen LogP contribution in [0.15, 0.2) is 0 Å². The van der Waals surface area contributed by atoms with Gasteiger partial charge in [-0.25, -0.2) is 0 Å². The van der Waals surface area contributed by atoms with E-state index in [0.29, 0.717) is 12.1 Å². The molecule has 2 atom stereocenters.